The van der Waals surface area contributed by atoms with Gasteiger partial charge in [-0.05, 0) is 37.6 Å². The number of guanidine groups is 1. The van der Waals surface area contributed by atoms with E-state index in [0.29, 0.717) is 12.4 Å². The summed E-state index contributed by atoms with van der Waals surface area (Å²) in [5.74, 6) is 1.34. The number of hydrogen-bond acceptors (Lipinski definition) is 4. The number of fused-ring (bicyclic) bond motifs is 1. The molecule has 0 aliphatic heterocycles. The number of halogens is 1. The first kappa shape index (κ1) is 22.8. The normalized spacial score (nSPS) is 11.4. The molecule has 1 aromatic carbocycles. The van der Waals surface area contributed by atoms with E-state index in [9.17, 15) is 0 Å². The second kappa shape index (κ2) is 10.4. The van der Waals surface area contributed by atoms with Crippen LogP contribution in [0.15, 0.2) is 64.5 Å². The molecule has 0 aliphatic rings. The van der Waals surface area contributed by atoms with Gasteiger partial charge in [-0.3, -0.25) is 4.99 Å². The van der Waals surface area contributed by atoms with Crippen LogP contribution in [-0.4, -0.2) is 33.9 Å². The van der Waals surface area contributed by atoms with Gasteiger partial charge in [-0.1, -0.05) is 23.8 Å². The molecule has 31 heavy (non-hydrogen) atoms. The molecule has 4 rings (SSSR count). The van der Waals surface area contributed by atoms with Crippen LogP contribution in [0.5, 0.6) is 0 Å². The zero-order valence-electron chi connectivity index (χ0n) is 17.9. The average Bonchev–Trinajstić information content (AvgIpc) is 3.39. The van der Waals surface area contributed by atoms with Crippen LogP contribution < -0.4 is 10.6 Å². The zero-order chi connectivity index (χ0) is 20.9. The van der Waals surface area contributed by atoms with E-state index in [4.69, 9.17) is 9.40 Å². The second-order valence-electron chi connectivity index (χ2n) is 7.27. The van der Waals surface area contributed by atoms with Crippen LogP contribution in [-0.2, 0) is 13.0 Å². The molecule has 4 aromatic rings. The molecule has 0 fully saturated rings. The van der Waals surface area contributed by atoms with Gasteiger partial charge in [0.05, 0.1) is 17.9 Å². The summed E-state index contributed by atoms with van der Waals surface area (Å²) in [5.41, 5.74) is 6.23. The molecule has 0 bridgehead atoms. The fourth-order valence-electron chi connectivity index (χ4n) is 3.25. The summed E-state index contributed by atoms with van der Waals surface area (Å²) in [5, 5.41) is 6.60. The predicted octanol–water partition coefficient (Wildman–Crippen LogP) is 4.13. The third-order valence-electron chi connectivity index (χ3n) is 4.91. The van der Waals surface area contributed by atoms with Crippen molar-refractivity contribution in [1.29, 1.82) is 0 Å². The molecule has 0 radical (unpaired) electrons. The highest BCUT2D eigenvalue weighted by atomic mass is 127. The van der Waals surface area contributed by atoms with Gasteiger partial charge in [0.2, 0.25) is 5.89 Å². The summed E-state index contributed by atoms with van der Waals surface area (Å²) < 4.78 is 7.68. The Balaban J connectivity index is 0.00000272. The topological polar surface area (TPSA) is 79.8 Å². The number of aliphatic imine (C=N–C) groups is 1. The number of benzene rings is 1. The number of nitrogens with one attached hydrogen (secondary N) is 2. The highest BCUT2D eigenvalue weighted by molar-refractivity contribution is 14.0. The SMILES string of the molecule is CN=C(NCCc1cn2cccc(C)c2n1)NCc1coc(-c2ccc(C)cc2)n1.I. The predicted molar refractivity (Wildman–Crippen MR) is 134 cm³/mol. The molecule has 162 valence electrons. The molecule has 7 nitrogen and oxygen atoms in total. The van der Waals surface area contributed by atoms with E-state index in [-0.39, 0.29) is 24.0 Å². The molecular formula is C23H27IN6O. The lowest BCUT2D eigenvalue weighted by Crippen LogP contribution is -2.37. The van der Waals surface area contributed by atoms with E-state index in [1.54, 1.807) is 13.3 Å². The van der Waals surface area contributed by atoms with Gasteiger partial charge in [-0.2, -0.15) is 0 Å². The third-order valence-corrected chi connectivity index (χ3v) is 4.91. The molecule has 0 spiro atoms. The fourth-order valence-corrected chi connectivity index (χ4v) is 3.25. The van der Waals surface area contributed by atoms with Gasteiger partial charge in [-0.25, -0.2) is 9.97 Å². The number of rotatable bonds is 6. The van der Waals surface area contributed by atoms with E-state index in [1.165, 1.54) is 11.1 Å². The van der Waals surface area contributed by atoms with Crippen molar-refractivity contribution in [3.8, 4) is 11.5 Å². The van der Waals surface area contributed by atoms with Crippen LogP contribution >= 0.6 is 24.0 Å². The number of nitrogens with zero attached hydrogens (tertiary/aromatic N) is 4. The summed E-state index contributed by atoms with van der Waals surface area (Å²) in [6.07, 6.45) is 6.58. The first-order chi connectivity index (χ1) is 14.6. The monoisotopic (exact) mass is 530 g/mol. The maximum atomic E-state index is 5.61. The summed E-state index contributed by atoms with van der Waals surface area (Å²) >= 11 is 0. The number of oxazole rings is 1. The molecule has 2 N–H and O–H groups in total. The minimum Gasteiger partial charge on any atom is -0.444 e. The van der Waals surface area contributed by atoms with E-state index in [0.717, 1.165) is 41.5 Å². The van der Waals surface area contributed by atoms with Crippen LogP contribution in [0, 0.1) is 13.8 Å². The number of aryl methyl sites for hydroxylation is 2. The Hall–Kier alpha value is -2.88. The smallest absolute Gasteiger partial charge is 0.226 e. The molecule has 0 atom stereocenters. The molecule has 3 aromatic heterocycles. The molecule has 0 saturated carbocycles. The fraction of sp³-hybridized carbons (Fsp3) is 0.261. The van der Waals surface area contributed by atoms with Gasteiger partial charge in [0, 0.05) is 38.0 Å². The number of hydrogen-bond donors (Lipinski definition) is 2. The number of aromatic nitrogens is 3. The Kier molecular flexibility index (Phi) is 7.67. The average molecular weight is 530 g/mol. The van der Waals surface area contributed by atoms with Gasteiger partial charge >= 0.3 is 0 Å². The molecular weight excluding hydrogens is 503 g/mol. The third kappa shape index (κ3) is 5.63. The Morgan fingerprint density at radius 2 is 1.87 bits per heavy atom. The number of imidazole rings is 1. The van der Waals surface area contributed by atoms with Crippen LogP contribution in [0.1, 0.15) is 22.5 Å². The van der Waals surface area contributed by atoms with Crippen LogP contribution in [0.25, 0.3) is 17.1 Å². The van der Waals surface area contributed by atoms with Crippen molar-refractivity contribution < 1.29 is 4.42 Å². The standard InChI is InChI=1S/C23H26N6O.HI/c1-16-6-8-18(9-7-16)22-28-20(15-30-22)13-26-23(24-3)25-11-10-19-14-29-12-4-5-17(2)21(29)27-19;/h4-9,12,14-15H,10-11,13H2,1-3H3,(H2,24,25,26);1H. The van der Waals surface area contributed by atoms with Crippen molar-refractivity contribution in [3.05, 3.63) is 77.6 Å². The lowest BCUT2D eigenvalue weighted by molar-refractivity contribution is 0.572. The largest absolute Gasteiger partial charge is 0.444 e. The second-order valence-corrected chi connectivity index (χ2v) is 7.27. The van der Waals surface area contributed by atoms with E-state index < -0.39 is 0 Å². The molecule has 0 unspecified atom stereocenters. The molecule has 0 aliphatic carbocycles. The van der Waals surface area contributed by atoms with Crippen molar-refractivity contribution in [2.75, 3.05) is 13.6 Å². The highest BCUT2D eigenvalue weighted by Gasteiger charge is 2.08. The first-order valence-corrected chi connectivity index (χ1v) is 10.0. The van der Waals surface area contributed by atoms with Crippen LogP contribution in [0.4, 0.5) is 0 Å². The maximum absolute atomic E-state index is 5.61. The Morgan fingerprint density at radius 1 is 1.06 bits per heavy atom. The number of pyridine rings is 1. The van der Waals surface area contributed by atoms with E-state index in [2.05, 4.69) is 51.1 Å². The summed E-state index contributed by atoms with van der Waals surface area (Å²) in [6.45, 7) is 5.40. The van der Waals surface area contributed by atoms with Gasteiger partial charge in [0.1, 0.15) is 11.9 Å². The molecule has 3 heterocycles. The van der Waals surface area contributed by atoms with Crippen LogP contribution in [0.2, 0.25) is 0 Å². The lowest BCUT2D eigenvalue weighted by atomic mass is 10.1. The minimum atomic E-state index is 0. The Labute approximate surface area is 199 Å². The quantitative estimate of drug-likeness (QED) is 0.223. The van der Waals surface area contributed by atoms with Crippen molar-refractivity contribution >= 4 is 35.6 Å². The Bertz CT molecular complexity index is 1160. The van der Waals surface area contributed by atoms with Crippen molar-refractivity contribution in [1.82, 2.24) is 25.0 Å². The summed E-state index contributed by atoms with van der Waals surface area (Å²) in [6, 6.07) is 12.2. The lowest BCUT2D eigenvalue weighted by Gasteiger charge is -2.09. The van der Waals surface area contributed by atoms with Crippen LogP contribution in [0.3, 0.4) is 0 Å². The van der Waals surface area contributed by atoms with E-state index in [1.807, 2.05) is 36.5 Å². The zero-order valence-corrected chi connectivity index (χ0v) is 20.3. The maximum Gasteiger partial charge on any atom is 0.226 e. The highest BCUT2D eigenvalue weighted by Crippen LogP contribution is 2.19. The van der Waals surface area contributed by atoms with Gasteiger partial charge in [-0.15, -0.1) is 24.0 Å². The molecule has 0 saturated heterocycles. The summed E-state index contributed by atoms with van der Waals surface area (Å²) in [4.78, 5) is 13.5. The van der Waals surface area contributed by atoms with Crippen molar-refractivity contribution in [2.45, 2.75) is 26.8 Å². The minimum absolute atomic E-state index is 0. The first-order valence-electron chi connectivity index (χ1n) is 10.0. The van der Waals surface area contributed by atoms with Gasteiger partial charge < -0.3 is 19.5 Å². The molecule has 8 heteroatoms. The Morgan fingerprint density at radius 3 is 2.61 bits per heavy atom. The van der Waals surface area contributed by atoms with Gasteiger partial charge in [0.15, 0.2) is 5.96 Å². The van der Waals surface area contributed by atoms with Crippen molar-refractivity contribution in [3.63, 3.8) is 0 Å². The van der Waals surface area contributed by atoms with Gasteiger partial charge in [0.25, 0.3) is 0 Å². The molecule has 0 amide bonds. The summed E-state index contributed by atoms with van der Waals surface area (Å²) in [7, 11) is 1.75. The van der Waals surface area contributed by atoms with E-state index >= 15 is 0 Å². The van der Waals surface area contributed by atoms with Crippen molar-refractivity contribution in [2.24, 2.45) is 4.99 Å².